The second-order valence-electron chi connectivity index (χ2n) is 7.28. The van der Waals surface area contributed by atoms with Crippen LogP contribution in [0.15, 0.2) is 67.0 Å². The zero-order valence-corrected chi connectivity index (χ0v) is 16.6. The van der Waals surface area contributed by atoms with Gasteiger partial charge in [-0.05, 0) is 29.8 Å². The lowest BCUT2D eigenvalue weighted by Gasteiger charge is -2.26. The molecular weight excluding hydrogens is 384 g/mol. The van der Waals surface area contributed by atoms with Crippen molar-refractivity contribution >= 4 is 22.5 Å². The number of hydrogen-bond acceptors (Lipinski definition) is 4. The number of fused-ring (bicyclic) bond motifs is 2. The summed E-state index contributed by atoms with van der Waals surface area (Å²) in [5, 5.41) is 5.40. The Labute approximate surface area is 174 Å². The largest absolute Gasteiger partial charge is 0.367 e. The van der Waals surface area contributed by atoms with Gasteiger partial charge in [-0.15, -0.1) is 0 Å². The summed E-state index contributed by atoms with van der Waals surface area (Å²) in [4.78, 5) is 9.05. The third-order valence-corrected chi connectivity index (χ3v) is 5.48. The molecule has 1 atom stereocenters. The van der Waals surface area contributed by atoms with E-state index in [2.05, 4.69) is 38.1 Å². The van der Waals surface area contributed by atoms with Crippen LogP contribution in [-0.2, 0) is 24.4 Å². The minimum atomic E-state index is 0.0862. The highest BCUT2D eigenvalue weighted by atomic mass is 35.5. The van der Waals surface area contributed by atoms with Gasteiger partial charge in [-0.1, -0.05) is 41.9 Å². The number of nitrogens with one attached hydrogen (secondary N) is 1. The summed E-state index contributed by atoms with van der Waals surface area (Å²) < 4.78 is 8.23. The number of nitrogens with zero attached hydrogens (tertiary/aromatic N) is 3. The van der Waals surface area contributed by atoms with Gasteiger partial charge < -0.3 is 14.6 Å². The molecule has 5 rings (SSSR count). The molecule has 4 aromatic rings. The zero-order valence-electron chi connectivity index (χ0n) is 15.9. The minimum Gasteiger partial charge on any atom is -0.367 e. The average molecular weight is 405 g/mol. The van der Waals surface area contributed by atoms with E-state index < -0.39 is 0 Å². The highest BCUT2D eigenvalue weighted by Crippen LogP contribution is 2.26. The van der Waals surface area contributed by atoms with E-state index in [0.717, 1.165) is 52.6 Å². The van der Waals surface area contributed by atoms with Gasteiger partial charge in [-0.3, -0.25) is 4.98 Å². The number of imidazole rings is 1. The second-order valence-corrected chi connectivity index (χ2v) is 7.72. The van der Waals surface area contributed by atoms with Crippen molar-refractivity contribution in [1.82, 2.24) is 19.9 Å². The lowest BCUT2D eigenvalue weighted by Crippen LogP contribution is -2.36. The number of para-hydroxylation sites is 1. The SMILES string of the molecule is Clc1cccc(-c2cnc3n2C[C@H](CNCc2cnc4ccccc4c2)OC3)c1. The van der Waals surface area contributed by atoms with E-state index in [1.54, 1.807) is 0 Å². The van der Waals surface area contributed by atoms with Crippen molar-refractivity contribution in [2.24, 2.45) is 0 Å². The molecule has 2 aromatic carbocycles. The summed E-state index contributed by atoms with van der Waals surface area (Å²) in [5.74, 6) is 0.954. The second kappa shape index (κ2) is 7.95. The zero-order chi connectivity index (χ0) is 19.6. The van der Waals surface area contributed by atoms with E-state index in [4.69, 9.17) is 16.3 Å². The van der Waals surface area contributed by atoms with Crippen LogP contribution in [0.25, 0.3) is 22.2 Å². The summed E-state index contributed by atoms with van der Waals surface area (Å²) in [5.41, 5.74) is 4.34. The molecule has 1 aliphatic rings. The van der Waals surface area contributed by atoms with Crippen LogP contribution in [0.3, 0.4) is 0 Å². The molecular formula is C23H21ClN4O. The van der Waals surface area contributed by atoms with E-state index in [1.165, 1.54) is 5.56 Å². The predicted octanol–water partition coefficient (Wildman–Crippen LogP) is 4.44. The first-order valence-corrected chi connectivity index (χ1v) is 10.1. The minimum absolute atomic E-state index is 0.0862. The molecule has 0 bridgehead atoms. The molecule has 0 amide bonds. The van der Waals surface area contributed by atoms with Crippen molar-refractivity contribution in [2.45, 2.75) is 25.8 Å². The Morgan fingerprint density at radius 2 is 2.00 bits per heavy atom. The lowest BCUT2D eigenvalue weighted by molar-refractivity contribution is 0.00326. The van der Waals surface area contributed by atoms with Crippen LogP contribution in [0, 0.1) is 0 Å². The Morgan fingerprint density at radius 1 is 1.07 bits per heavy atom. The summed E-state index contributed by atoms with van der Waals surface area (Å²) in [6.07, 6.45) is 3.92. The van der Waals surface area contributed by atoms with Crippen molar-refractivity contribution in [3.63, 3.8) is 0 Å². The Kier molecular flexibility index (Phi) is 5.02. The Hall–Kier alpha value is -2.73. The average Bonchev–Trinajstić information content (AvgIpc) is 3.17. The van der Waals surface area contributed by atoms with Crippen molar-refractivity contribution in [3.05, 3.63) is 83.4 Å². The molecule has 0 saturated carbocycles. The number of halogens is 1. The maximum Gasteiger partial charge on any atom is 0.135 e. The fourth-order valence-electron chi connectivity index (χ4n) is 3.77. The number of aromatic nitrogens is 3. The molecule has 29 heavy (non-hydrogen) atoms. The van der Waals surface area contributed by atoms with Gasteiger partial charge in [-0.2, -0.15) is 0 Å². The third kappa shape index (κ3) is 3.90. The standard InChI is InChI=1S/C23H21ClN4O/c24-19-6-3-5-18(9-19)22-13-27-23-15-29-20(14-28(22)23)12-25-10-16-8-17-4-1-2-7-21(17)26-11-16/h1-9,11,13,20,25H,10,12,14-15H2/t20-/m0/s1. The van der Waals surface area contributed by atoms with Crippen LogP contribution in [0.1, 0.15) is 11.4 Å². The van der Waals surface area contributed by atoms with Crippen LogP contribution in [0.4, 0.5) is 0 Å². The van der Waals surface area contributed by atoms with E-state index in [0.29, 0.717) is 6.61 Å². The van der Waals surface area contributed by atoms with Crippen molar-refractivity contribution in [1.29, 1.82) is 0 Å². The van der Waals surface area contributed by atoms with Crippen molar-refractivity contribution in [2.75, 3.05) is 6.54 Å². The molecule has 0 radical (unpaired) electrons. The molecule has 1 N–H and O–H groups in total. The predicted molar refractivity (Wildman–Crippen MR) is 115 cm³/mol. The highest BCUT2D eigenvalue weighted by molar-refractivity contribution is 6.30. The van der Waals surface area contributed by atoms with Gasteiger partial charge in [0.05, 0.1) is 30.1 Å². The quantitative estimate of drug-likeness (QED) is 0.534. The first kappa shape index (κ1) is 18.3. The molecule has 0 fully saturated rings. The maximum absolute atomic E-state index is 6.17. The topological polar surface area (TPSA) is 52.0 Å². The van der Waals surface area contributed by atoms with Gasteiger partial charge in [0.2, 0.25) is 0 Å². The van der Waals surface area contributed by atoms with E-state index in [9.17, 15) is 0 Å². The van der Waals surface area contributed by atoms with Crippen molar-refractivity contribution in [3.8, 4) is 11.3 Å². The van der Waals surface area contributed by atoms with Crippen LogP contribution in [0.2, 0.25) is 5.02 Å². The monoisotopic (exact) mass is 404 g/mol. The Balaban J connectivity index is 1.24. The summed E-state index contributed by atoms with van der Waals surface area (Å²) >= 11 is 6.17. The number of ether oxygens (including phenoxy) is 1. The summed E-state index contributed by atoms with van der Waals surface area (Å²) in [7, 11) is 0. The molecule has 0 spiro atoms. The molecule has 0 aliphatic carbocycles. The van der Waals surface area contributed by atoms with Crippen LogP contribution in [0.5, 0.6) is 0 Å². The van der Waals surface area contributed by atoms with E-state index in [1.807, 2.05) is 48.8 Å². The fourth-order valence-corrected chi connectivity index (χ4v) is 3.96. The molecule has 1 aliphatic heterocycles. The van der Waals surface area contributed by atoms with Gasteiger partial charge in [0.25, 0.3) is 0 Å². The molecule has 146 valence electrons. The van der Waals surface area contributed by atoms with Gasteiger partial charge in [0, 0.05) is 35.3 Å². The first-order valence-electron chi connectivity index (χ1n) is 9.72. The van der Waals surface area contributed by atoms with Gasteiger partial charge in [0.1, 0.15) is 12.4 Å². The molecule has 3 heterocycles. The van der Waals surface area contributed by atoms with E-state index >= 15 is 0 Å². The number of hydrogen-bond donors (Lipinski definition) is 1. The van der Waals surface area contributed by atoms with Gasteiger partial charge in [0.15, 0.2) is 0 Å². The number of benzene rings is 2. The number of pyridine rings is 1. The first-order chi connectivity index (χ1) is 14.3. The molecule has 0 saturated heterocycles. The summed E-state index contributed by atoms with van der Waals surface area (Å²) in [6, 6.07) is 18.2. The lowest BCUT2D eigenvalue weighted by atomic mass is 10.1. The molecule has 0 unspecified atom stereocenters. The Bertz CT molecular complexity index is 1160. The van der Waals surface area contributed by atoms with Crippen LogP contribution >= 0.6 is 11.6 Å². The van der Waals surface area contributed by atoms with Gasteiger partial charge >= 0.3 is 0 Å². The van der Waals surface area contributed by atoms with Crippen LogP contribution < -0.4 is 5.32 Å². The van der Waals surface area contributed by atoms with E-state index in [-0.39, 0.29) is 6.10 Å². The van der Waals surface area contributed by atoms with Crippen LogP contribution in [-0.4, -0.2) is 27.2 Å². The normalized spacial score (nSPS) is 16.1. The van der Waals surface area contributed by atoms with Gasteiger partial charge in [-0.25, -0.2) is 4.98 Å². The highest BCUT2D eigenvalue weighted by Gasteiger charge is 2.22. The maximum atomic E-state index is 6.17. The summed E-state index contributed by atoms with van der Waals surface area (Å²) in [6.45, 7) is 2.81. The molecule has 6 heteroatoms. The third-order valence-electron chi connectivity index (χ3n) is 5.24. The van der Waals surface area contributed by atoms with Crippen molar-refractivity contribution < 1.29 is 4.74 Å². The molecule has 5 nitrogen and oxygen atoms in total. The fraction of sp³-hybridized carbons (Fsp3) is 0.217. The Morgan fingerprint density at radius 3 is 2.93 bits per heavy atom. The smallest absolute Gasteiger partial charge is 0.135 e. The number of rotatable bonds is 5. The molecule has 2 aromatic heterocycles.